The summed E-state index contributed by atoms with van der Waals surface area (Å²) in [6.45, 7) is 5.71. The molecule has 0 radical (unpaired) electrons. The lowest BCUT2D eigenvalue weighted by Gasteiger charge is -2.19. The number of nitrogens with zero attached hydrogens (tertiary/aromatic N) is 3. The van der Waals surface area contributed by atoms with Gasteiger partial charge in [0, 0.05) is 24.7 Å². The smallest absolute Gasteiger partial charge is 0.229 e. The maximum atomic E-state index is 9.72. The van der Waals surface area contributed by atoms with E-state index in [0.29, 0.717) is 5.95 Å². The Morgan fingerprint density at radius 1 is 1.06 bits per heavy atom. The van der Waals surface area contributed by atoms with E-state index in [1.807, 2.05) is 49.1 Å². The van der Waals surface area contributed by atoms with Gasteiger partial charge in [-0.3, -0.25) is 0 Å². The predicted molar refractivity (Wildman–Crippen MR) is 72.7 cm³/mol. The van der Waals surface area contributed by atoms with Crippen molar-refractivity contribution in [1.82, 2.24) is 9.97 Å². The Morgan fingerprint density at radius 2 is 1.72 bits per heavy atom. The standard InChI is InChI=1S/C14H17N3O/c1-3-17(4-2)14-15-12(10-13(18)16-14)11-8-6-5-7-9-11/h5-10H,3-4H2,1-2H3,(H,15,16,18). The largest absolute Gasteiger partial charge is 0.493 e. The molecule has 18 heavy (non-hydrogen) atoms. The first-order chi connectivity index (χ1) is 8.74. The lowest BCUT2D eigenvalue weighted by Crippen LogP contribution is -2.24. The minimum atomic E-state index is 0.00533. The zero-order valence-electron chi connectivity index (χ0n) is 10.7. The highest BCUT2D eigenvalue weighted by molar-refractivity contribution is 5.61. The SMILES string of the molecule is CCN(CC)c1nc(O)cc(-c2ccccc2)n1. The molecule has 0 amide bonds. The highest BCUT2D eigenvalue weighted by atomic mass is 16.3. The highest BCUT2D eigenvalue weighted by Crippen LogP contribution is 2.22. The zero-order valence-corrected chi connectivity index (χ0v) is 10.7. The van der Waals surface area contributed by atoms with Crippen LogP contribution in [0.25, 0.3) is 11.3 Å². The van der Waals surface area contributed by atoms with Crippen LogP contribution in [0, 0.1) is 0 Å². The molecule has 0 saturated heterocycles. The van der Waals surface area contributed by atoms with Gasteiger partial charge in [-0.15, -0.1) is 0 Å². The van der Waals surface area contributed by atoms with E-state index in [0.717, 1.165) is 24.3 Å². The quantitative estimate of drug-likeness (QED) is 0.897. The molecule has 0 bridgehead atoms. The zero-order chi connectivity index (χ0) is 13.0. The average Bonchev–Trinajstić information content (AvgIpc) is 2.40. The molecule has 4 nitrogen and oxygen atoms in total. The second kappa shape index (κ2) is 5.49. The molecule has 0 spiro atoms. The van der Waals surface area contributed by atoms with E-state index < -0.39 is 0 Å². The Kier molecular flexibility index (Phi) is 3.77. The van der Waals surface area contributed by atoms with Crippen molar-refractivity contribution in [1.29, 1.82) is 0 Å². The van der Waals surface area contributed by atoms with Crippen molar-refractivity contribution in [2.24, 2.45) is 0 Å². The summed E-state index contributed by atoms with van der Waals surface area (Å²) < 4.78 is 0. The number of hydrogen-bond acceptors (Lipinski definition) is 4. The number of hydrogen-bond donors (Lipinski definition) is 1. The van der Waals surface area contributed by atoms with E-state index in [-0.39, 0.29) is 5.88 Å². The molecule has 2 rings (SSSR count). The summed E-state index contributed by atoms with van der Waals surface area (Å²) in [5, 5.41) is 9.72. The van der Waals surface area contributed by atoms with Crippen molar-refractivity contribution in [3.05, 3.63) is 36.4 Å². The normalized spacial score (nSPS) is 10.3. The Hall–Kier alpha value is -2.10. The third-order valence-electron chi connectivity index (χ3n) is 2.82. The molecule has 0 unspecified atom stereocenters. The summed E-state index contributed by atoms with van der Waals surface area (Å²) in [4.78, 5) is 10.6. The van der Waals surface area contributed by atoms with Crippen molar-refractivity contribution >= 4 is 5.95 Å². The van der Waals surface area contributed by atoms with Crippen LogP contribution in [0.4, 0.5) is 5.95 Å². The molecule has 0 atom stereocenters. The Morgan fingerprint density at radius 3 is 2.33 bits per heavy atom. The van der Waals surface area contributed by atoms with Gasteiger partial charge < -0.3 is 10.0 Å². The molecule has 1 aromatic carbocycles. The number of benzene rings is 1. The lowest BCUT2D eigenvalue weighted by molar-refractivity contribution is 0.452. The second-order valence-electron chi connectivity index (χ2n) is 3.95. The summed E-state index contributed by atoms with van der Waals surface area (Å²) in [5.74, 6) is 0.574. The van der Waals surface area contributed by atoms with Crippen LogP contribution in [0.3, 0.4) is 0 Å². The fraction of sp³-hybridized carbons (Fsp3) is 0.286. The van der Waals surface area contributed by atoms with E-state index in [4.69, 9.17) is 0 Å². The first-order valence-electron chi connectivity index (χ1n) is 6.13. The topological polar surface area (TPSA) is 49.2 Å². The van der Waals surface area contributed by atoms with Gasteiger partial charge in [0.05, 0.1) is 5.69 Å². The van der Waals surface area contributed by atoms with Gasteiger partial charge in [-0.05, 0) is 13.8 Å². The summed E-state index contributed by atoms with van der Waals surface area (Å²) in [6.07, 6.45) is 0. The van der Waals surface area contributed by atoms with Crippen LogP contribution in [-0.2, 0) is 0 Å². The van der Waals surface area contributed by atoms with E-state index in [1.165, 1.54) is 0 Å². The molecule has 2 aromatic rings. The molecule has 1 heterocycles. The third-order valence-corrected chi connectivity index (χ3v) is 2.82. The minimum Gasteiger partial charge on any atom is -0.493 e. The van der Waals surface area contributed by atoms with Crippen LogP contribution in [-0.4, -0.2) is 28.2 Å². The van der Waals surface area contributed by atoms with Gasteiger partial charge >= 0.3 is 0 Å². The van der Waals surface area contributed by atoms with Gasteiger partial charge in [-0.25, -0.2) is 4.98 Å². The van der Waals surface area contributed by atoms with E-state index in [1.54, 1.807) is 6.07 Å². The Bertz CT molecular complexity index is 510. The molecular weight excluding hydrogens is 226 g/mol. The molecular formula is C14H17N3O. The van der Waals surface area contributed by atoms with Crippen LogP contribution in [0.1, 0.15) is 13.8 Å². The summed E-state index contributed by atoms with van der Waals surface area (Å²) in [7, 11) is 0. The van der Waals surface area contributed by atoms with Crippen molar-refractivity contribution < 1.29 is 5.11 Å². The monoisotopic (exact) mass is 243 g/mol. The number of aromatic hydroxyl groups is 1. The first kappa shape index (κ1) is 12.4. The lowest BCUT2D eigenvalue weighted by atomic mass is 10.1. The van der Waals surface area contributed by atoms with Gasteiger partial charge in [0.1, 0.15) is 0 Å². The summed E-state index contributed by atoms with van der Waals surface area (Å²) in [6, 6.07) is 11.4. The van der Waals surface area contributed by atoms with Crippen molar-refractivity contribution in [2.45, 2.75) is 13.8 Å². The predicted octanol–water partition coefficient (Wildman–Crippen LogP) is 2.70. The Balaban J connectivity index is 2.44. The van der Waals surface area contributed by atoms with E-state index in [2.05, 4.69) is 9.97 Å². The van der Waals surface area contributed by atoms with Gasteiger partial charge in [0.15, 0.2) is 0 Å². The fourth-order valence-corrected chi connectivity index (χ4v) is 1.83. The molecule has 1 N–H and O–H groups in total. The maximum absolute atomic E-state index is 9.72. The van der Waals surface area contributed by atoms with Crippen molar-refractivity contribution in [3.8, 4) is 17.1 Å². The maximum Gasteiger partial charge on any atom is 0.229 e. The molecule has 0 aliphatic carbocycles. The minimum absolute atomic E-state index is 0.00533. The van der Waals surface area contributed by atoms with Gasteiger partial charge in [-0.2, -0.15) is 4.98 Å². The molecule has 94 valence electrons. The fourth-order valence-electron chi connectivity index (χ4n) is 1.83. The van der Waals surface area contributed by atoms with E-state index >= 15 is 0 Å². The summed E-state index contributed by atoms with van der Waals surface area (Å²) >= 11 is 0. The molecule has 0 aliphatic heterocycles. The first-order valence-corrected chi connectivity index (χ1v) is 6.13. The van der Waals surface area contributed by atoms with Gasteiger partial charge in [0.2, 0.25) is 11.8 Å². The van der Waals surface area contributed by atoms with Crippen LogP contribution in [0.5, 0.6) is 5.88 Å². The van der Waals surface area contributed by atoms with Crippen LogP contribution in [0.15, 0.2) is 36.4 Å². The molecule has 0 fully saturated rings. The molecule has 0 saturated carbocycles. The van der Waals surface area contributed by atoms with Gasteiger partial charge in [0.25, 0.3) is 0 Å². The van der Waals surface area contributed by atoms with Crippen LogP contribution in [0.2, 0.25) is 0 Å². The number of rotatable bonds is 4. The highest BCUT2D eigenvalue weighted by Gasteiger charge is 2.10. The van der Waals surface area contributed by atoms with Gasteiger partial charge in [-0.1, -0.05) is 30.3 Å². The van der Waals surface area contributed by atoms with Crippen LogP contribution < -0.4 is 4.90 Å². The molecule has 1 aromatic heterocycles. The molecule has 4 heteroatoms. The summed E-state index contributed by atoms with van der Waals surface area (Å²) in [5.41, 5.74) is 1.72. The van der Waals surface area contributed by atoms with E-state index in [9.17, 15) is 5.11 Å². The van der Waals surface area contributed by atoms with Crippen molar-refractivity contribution in [3.63, 3.8) is 0 Å². The van der Waals surface area contributed by atoms with Crippen LogP contribution >= 0.6 is 0 Å². The third kappa shape index (κ3) is 2.59. The molecule has 0 aliphatic rings. The number of aromatic nitrogens is 2. The van der Waals surface area contributed by atoms with Crippen molar-refractivity contribution in [2.75, 3.05) is 18.0 Å². The average molecular weight is 243 g/mol. The Labute approximate surface area is 107 Å². The second-order valence-corrected chi connectivity index (χ2v) is 3.95. The number of anilines is 1.